The molecule has 0 aliphatic heterocycles. The molecule has 0 atom stereocenters. The highest BCUT2D eigenvalue weighted by Gasteiger charge is 2.29. The molecular weight excluding hydrogens is 203 g/mol. The summed E-state index contributed by atoms with van der Waals surface area (Å²) in [5.74, 6) is 5.18. The van der Waals surface area contributed by atoms with Crippen molar-refractivity contribution in [2.75, 3.05) is 5.43 Å². The highest BCUT2D eigenvalue weighted by atomic mass is 32.2. The van der Waals surface area contributed by atoms with Gasteiger partial charge in [-0.3, -0.25) is 0 Å². The van der Waals surface area contributed by atoms with Crippen LogP contribution < -0.4 is 11.3 Å². The van der Waals surface area contributed by atoms with Gasteiger partial charge in [0.1, 0.15) is 10.8 Å². The molecule has 0 spiro atoms. The number of halogens is 3. The lowest BCUT2D eigenvalue weighted by Gasteiger charge is -2.05. The van der Waals surface area contributed by atoms with Gasteiger partial charge < -0.3 is 5.43 Å². The average molecular weight is 209 g/mol. The molecule has 0 bridgehead atoms. The van der Waals surface area contributed by atoms with E-state index in [1.807, 2.05) is 0 Å². The maximum absolute atomic E-state index is 11.8. The van der Waals surface area contributed by atoms with E-state index in [1.165, 1.54) is 18.2 Å². The molecule has 0 fully saturated rings. The Balaban J connectivity index is 2.78. The Morgan fingerprint density at radius 3 is 2.62 bits per heavy atom. The van der Waals surface area contributed by atoms with Gasteiger partial charge in [0.2, 0.25) is 0 Å². The van der Waals surface area contributed by atoms with E-state index in [1.54, 1.807) is 0 Å². The van der Waals surface area contributed by atoms with E-state index in [-0.39, 0.29) is 22.6 Å². The van der Waals surface area contributed by atoms with Crippen LogP contribution in [0, 0.1) is 0 Å². The van der Waals surface area contributed by atoms with Crippen molar-refractivity contribution in [2.24, 2.45) is 5.84 Å². The third-order valence-corrected chi connectivity index (χ3v) is 1.76. The molecule has 1 rings (SSSR count). The van der Waals surface area contributed by atoms with Crippen LogP contribution >= 0.6 is 11.8 Å². The number of alkyl halides is 3. The smallest absolute Gasteiger partial charge is 0.308 e. The molecule has 0 aliphatic carbocycles. The van der Waals surface area contributed by atoms with Gasteiger partial charge in [-0.1, -0.05) is 6.07 Å². The SMILES string of the molecule is NNc1cccc(SC(F)(F)F)n1. The van der Waals surface area contributed by atoms with Crippen molar-refractivity contribution in [3.05, 3.63) is 18.2 Å². The molecule has 3 N–H and O–H groups in total. The lowest BCUT2D eigenvalue weighted by Crippen LogP contribution is -2.09. The number of nitrogens with two attached hydrogens (primary N) is 1. The molecule has 1 aromatic rings. The second-order valence-electron chi connectivity index (χ2n) is 2.05. The number of hydrogen-bond acceptors (Lipinski definition) is 4. The molecule has 1 heterocycles. The van der Waals surface area contributed by atoms with Crippen molar-refractivity contribution in [2.45, 2.75) is 10.5 Å². The molecule has 13 heavy (non-hydrogen) atoms. The molecular formula is C6H6F3N3S. The van der Waals surface area contributed by atoms with Crippen LogP contribution in [0.4, 0.5) is 19.0 Å². The minimum Gasteiger partial charge on any atom is -0.308 e. The van der Waals surface area contributed by atoms with Crippen molar-refractivity contribution < 1.29 is 13.2 Å². The molecule has 72 valence electrons. The first-order chi connectivity index (χ1) is 6.01. The zero-order valence-electron chi connectivity index (χ0n) is 6.30. The summed E-state index contributed by atoms with van der Waals surface area (Å²) >= 11 is -0.276. The van der Waals surface area contributed by atoms with Gasteiger partial charge in [-0.05, 0) is 12.1 Å². The molecule has 3 nitrogen and oxygen atoms in total. The molecule has 7 heteroatoms. The van der Waals surface area contributed by atoms with Gasteiger partial charge in [0, 0.05) is 11.8 Å². The summed E-state index contributed by atoms with van der Waals surface area (Å²) in [6, 6.07) is 4.18. The van der Waals surface area contributed by atoms with E-state index in [9.17, 15) is 13.2 Å². The summed E-state index contributed by atoms with van der Waals surface area (Å²) in [5.41, 5.74) is -2.16. The van der Waals surface area contributed by atoms with Crippen molar-refractivity contribution in [3.63, 3.8) is 0 Å². The number of thioether (sulfide) groups is 1. The first-order valence-electron chi connectivity index (χ1n) is 3.21. The number of hydrazine groups is 1. The molecule has 0 aliphatic rings. The molecule has 0 saturated carbocycles. The van der Waals surface area contributed by atoms with E-state index in [0.29, 0.717) is 0 Å². The van der Waals surface area contributed by atoms with E-state index >= 15 is 0 Å². The first kappa shape index (κ1) is 10.1. The Morgan fingerprint density at radius 1 is 1.38 bits per heavy atom. The fraction of sp³-hybridized carbons (Fsp3) is 0.167. The standard InChI is InChI=1S/C6H6F3N3S/c7-6(8,9)13-5-3-1-2-4(11-5)12-10/h1-3H,10H2,(H,11,12). The number of nitrogen functional groups attached to an aromatic ring is 1. The summed E-state index contributed by atoms with van der Waals surface area (Å²) in [7, 11) is 0. The average Bonchev–Trinajstić information content (AvgIpc) is 2.01. The molecule has 0 aromatic carbocycles. The number of anilines is 1. The van der Waals surface area contributed by atoms with Gasteiger partial charge in [0.05, 0.1) is 0 Å². The second kappa shape index (κ2) is 3.84. The molecule has 0 amide bonds. The fourth-order valence-electron chi connectivity index (χ4n) is 0.671. The van der Waals surface area contributed by atoms with Crippen molar-refractivity contribution >= 4 is 17.6 Å². The summed E-state index contributed by atoms with van der Waals surface area (Å²) < 4.78 is 35.5. The minimum absolute atomic E-state index is 0.136. The highest BCUT2D eigenvalue weighted by molar-refractivity contribution is 8.00. The molecule has 0 unspecified atom stereocenters. The van der Waals surface area contributed by atoms with Crippen molar-refractivity contribution in [3.8, 4) is 0 Å². The summed E-state index contributed by atoms with van der Waals surface area (Å²) in [6.45, 7) is 0. The number of nitrogens with zero attached hydrogens (tertiary/aromatic N) is 1. The summed E-state index contributed by atoms with van der Waals surface area (Å²) in [4.78, 5) is 3.58. The van der Waals surface area contributed by atoms with Gasteiger partial charge in [0.25, 0.3) is 0 Å². The lowest BCUT2D eigenvalue weighted by atomic mass is 10.5. The Morgan fingerprint density at radius 2 is 2.08 bits per heavy atom. The summed E-state index contributed by atoms with van der Waals surface area (Å²) in [5, 5.41) is -0.136. The van der Waals surface area contributed by atoms with Crippen LogP contribution in [0.2, 0.25) is 0 Å². The maximum Gasteiger partial charge on any atom is 0.447 e. The number of nitrogens with one attached hydrogen (secondary N) is 1. The predicted molar refractivity (Wildman–Crippen MR) is 44.0 cm³/mol. The van der Waals surface area contributed by atoms with Crippen LogP contribution in [-0.2, 0) is 0 Å². The van der Waals surface area contributed by atoms with E-state index in [4.69, 9.17) is 5.84 Å². The van der Waals surface area contributed by atoms with Gasteiger partial charge in [-0.15, -0.1) is 0 Å². The van der Waals surface area contributed by atoms with E-state index < -0.39 is 5.51 Å². The summed E-state index contributed by atoms with van der Waals surface area (Å²) in [6.07, 6.45) is 0. The van der Waals surface area contributed by atoms with Gasteiger partial charge in [-0.2, -0.15) is 13.2 Å². The number of pyridine rings is 1. The number of hydrogen-bond donors (Lipinski definition) is 2. The number of rotatable bonds is 2. The van der Waals surface area contributed by atoms with Crippen LogP contribution in [-0.4, -0.2) is 10.5 Å². The van der Waals surface area contributed by atoms with Gasteiger partial charge in [-0.25, -0.2) is 10.8 Å². The topological polar surface area (TPSA) is 50.9 Å². The Labute approximate surface area is 76.5 Å². The molecule has 0 radical (unpaired) electrons. The van der Waals surface area contributed by atoms with Crippen molar-refractivity contribution in [1.29, 1.82) is 0 Å². The van der Waals surface area contributed by atoms with Gasteiger partial charge >= 0.3 is 5.51 Å². The minimum atomic E-state index is -4.32. The molecule has 0 saturated heterocycles. The van der Waals surface area contributed by atoms with Crippen LogP contribution in [0.25, 0.3) is 0 Å². The third kappa shape index (κ3) is 3.51. The lowest BCUT2D eigenvalue weighted by molar-refractivity contribution is -0.0329. The Kier molecular flexibility index (Phi) is 2.99. The number of aromatic nitrogens is 1. The van der Waals surface area contributed by atoms with E-state index in [0.717, 1.165) is 0 Å². The molecule has 1 aromatic heterocycles. The zero-order chi connectivity index (χ0) is 9.90. The third-order valence-electron chi connectivity index (χ3n) is 1.09. The fourth-order valence-corrected chi connectivity index (χ4v) is 1.20. The van der Waals surface area contributed by atoms with Crippen LogP contribution in [0.5, 0.6) is 0 Å². The van der Waals surface area contributed by atoms with Crippen LogP contribution in [0.15, 0.2) is 23.2 Å². The van der Waals surface area contributed by atoms with Crippen molar-refractivity contribution in [1.82, 2.24) is 4.98 Å². The Hall–Kier alpha value is -0.950. The zero-order valence-corrected chi connectivity index (χ0v) is 7.12. The first-order valence-corrected chi connectivity index (χ1v) is 4.02. The van der Waals surface area contributed by atoms with Crippen LogP contribution in [0.1, 0.15) is 0 Å². The van der Waals surface area contributed by atoms with Gasteiger partial charge in [0.15, 0.2) is 0 Å². The normalized spacial score (nSPS) is 11.4. The second-order valence-corrected chi connectivity index (χ2v) is 3.14. The highest BCUT2D eigenvalue weighted by Crippen LogP contribution is 2.35. The Bertz CT molecular complexity index is 289. The monoisotopic (exact) mass is 209 g/mol. The van der Waals surface area contributed by atoms with Crippen LogP contribution in [0.3, 0.4) is 0 Å². The predicted octanol–water partition coefficient (Wildman–Crippen LogP) is 1.98. The van der Waals surface area contributed by atoms with E-state index in [2.05, 4.69) is 10.4 Å². The quantitative estimate of drug-likeness (QED) is 0.444. The largest absolute Gasteiger partial charge is 0.447 e. The maximum atomic E-state index is 11.8.